The van der Waals surface area contributed by atoms with E-state index in [0.717, 1.165) is 31.5 Å². The summed E-state index contributed by atoms with van der Waals surface area (Å²) in [5, 5.41) is 0. The summed E-state index contributed by atoms with van der Waals surface area (Å²) < 4.78 is 23.2. The molecule has 1 unspecified atom stereocenters. The molecule has 5 nitrogen and oxygen atoms in total. The van der Waals surface area contributed by atoms with Gasteiger partial charge >= 0.3 is 0 Å². The van der Waals surface area contributed by atoms with Gasteiger partial charge in [0.15, 0.2) is 9.84 Å². The van der Waals surface area contributed by atoms with Crippen molar-refractivity contribution in [2.45, 2.75) is 25.8 Å². The normalized spacial score (nSPS) is 24.7. The molecule has 6 heteroatoms. The van der Waals surface area contributed by atoms with E-state index in [2.05, 4.69) is 11.8 Å². The van der Waals surface area contributed by atoms with Gasteiger partial charge in [-0.3, -0.25) is 9.69 Å². The number of carbonyl (C=O) groups is 1. The second-order valence-corrected chi connectivity index (χ2v) is 8.66. The number of aryl methyl sites for hydroxylation is 1. The van der Waals surface area contributed by atoms with Crippen LogP contribution in [-0.4, -0.2) is 67.9 Å². The highest BCUT2D eigenvalue weighted by Crippen LogP contribution is 2.20. The Morgan fingerprint density at radius 3 is 2.30 bits per heavy atom. The highest BCUT2D eigenvalue weighted by Gasteiger charge is 2.34. The molecule has 23 heavy (non-hydrogen) atoms. The van der Waals surface area contributed by atoms with Gasteiger partial charge in [-0.1, -0.05) is 19.1 Å². The Bertz CT molecular complexity index is 662. The number of carbonyl (C=O) groups excluding carboxylic acids is 1. The van der Waals surface area contributed by atoms with Crippen molar-refractivity contribution < 1.29 is 13.2 Å². The molecule has 2 aliphatic heterocycles. The van der Waals surface area contributed by atoms with Crippen molar-refractivity contribution in [3.8, 4) is 0 Å². The standard InChI is InChI=1S/C17H24N2O3S/c1-2-14-3-5-15(6-4-14)17(20)19-10-8-18(9-11-19)16-7-12-23(21,22)13-16/h3-6,16H,2,7-13H2,1H3. The summed E-state index contributed by atoms with van der Waals surface area (Å²) in [5.41, 5.74) is 1.97. The Morgan fingerprint density at radius 1 is 1.13 bits per heavy atom. The zero-order chi connectivity index (χ0) is 16.4. The van der Waals surface area contributed by atoms with E-state index in [1.54, 1.807) is 0 Å². The van der Waals surface area contributed by atoms with Crippen molar-refractivity contribution in [1.82, 2.24) is 9.80 Å². The first-order valence-electron chi connectivity index (χ1n) is 8.31. The molecule has 2 aliphatic rings. The predicted octanol–water partition coefficient (Wildman–Crippen LogP) is 1.19. The van der Waals surface area contributed by atoms with Crippen LogP contribution in [0.5, 0.6) is 0 Å². The maximum Gasteiger partial charge on any atom is 0.253 e. The van der Waals surface area contributed by atoms with Gasteiger partial charge in [-0.15, -0.1) is 0 Å². The average molecular weight is 336 g/mol. The molecule has 1 aromatic rings. The van der Waals surface area contributed by atoms with Crippen LogP contribution in [-0.2, 0) is 16.3 Å². The minimum absolute atomic E-state index is 0.0753. The molecule has 126 valence electrons. The lowest BCUT2D eigenvalue weighted by Gasteiger charge is -2.37. The average Bonchev–Trinajstić information content (AvgIpc) is 2.94. The Labute approximate surface area is 138 Å². The van der Waals surface area contributed by atoms with Gasteiger partial charge in [0.1, 0.15) is 0 Å². The molecular formula is C17H24N2O3S. The summed E-state index contributed by atoms with van der Waals surface area (Å²) in [6, 6.07) is 7.95. The maximum absolute atomic E-state index is 12.5. The van der Waals surface area contributed by atoms with Crippen molar-refractivity contribution in [3.63, 3.8) is 0 Å². The van der Waals surface area contributed by atoms with E-state index in [9.17, 15) is 13.2 Å². The summed E-state index contributed by atoms with van der Waals surface area (Å²) >= 11 is 0. The van der Waals surface area contributed by atoms with E-state index in [1.165, 1.54) is 5.56 Å². The Hall–Kier alpha value is -1.40. The molecule has 3 rings (SSSR count). The fraction of sp³-hybridized carbons (Fsp3) is 0.588. The third-order valence-electron chi connectivity index (χ3n) is 4.94. The van der Waals surface area contributed by atoms with Crippen molar-refractivity contribution in [2.75, 3.05) is 37.7 Å². The van der Waals surface area contributed by atoms with E-state index < -0.39 is 9.84 Å². The van der Waals surface area contributed by atoms with E-state index in [0.29, 0.717) is 18.8 Å². The molecule has 2 saturated heterocycles. The Morgan fingerprint density at radius 2 is 1.78 bits per heavy atom. The summed E-state index contributed by atoms with van der Waals surface area (Å²) in [6.07, 6.45) is 1.70. The van der Waals surface area contributed by atoms with Crippen LogP contribution in [0.2, 0.25) is 0 Å². The molecule has 0 saturated carbocycles. The topological polar surface area (TPSA) is 57.7 Å². The summed E-state index contributed by atoms with van der Waals surface area (Å²) in [7, 11) is -2.85. The number of sulfone groups is 1. The van der Waals surface area contributed by atoms with Gasteiger partial charge in [-0.25, -0.2) is 8.42 Å². The largest absolute Gasteiger partial charge is 0.336 e. The van der Waals surface area contributed by atoms with Crippen LogP contribution in [0.15, 0.2) is 24.3 Å². The molecule has 0 radical (unpaired) electrons. The zero-order valence-electron chi connectivity index (χ0n) is 13.6. The van der Waals surface area contributed by atoms with Crippen LogP contribution in [0.4, 0.5) is 0 Å². The van der Waals surface area contributed by atoms with E-state index in [1.807, 2.05) is 29.2 Å². The van der Waals surface area contributed by atoms with E-state index >= 15 is 0 Å². The first-order valence-corrected chi connectivity index (χ1v) is 10.1. The highest BCUT2D eigenvalue weighted by atomic mass is 32.2. The molecule has 0 aromatic heterocycles. The van der Waals surface area contributed by atoms with Crippen LogP contribution >= 0.6 is 0 Å². The molecular weight excluding hydrogens is 312 g/mol. The van der Waals surface area contributed by atoms with Gasteiger partial charge in [0.25, 0.3) is 5.91 Å². The Balaban J connectivity index is 1.57. The van der Waals surface area contributed by atoms with Crippen LogP contribution in [0, 0.1) is 0 Å². The van der Waals surface area contributed by atoms with Crippen molar-refractivity contribution in [1.29, 1.82) is 0 Å². The monoisotopic (exact) mass is 336 g/mol. The molecule has 1 aromatic carbocycles. The smallest absolute Gasteiger partial charge is 0.253 e. The Kier molecular flexibility index (Phi) is 4.73. The molecule has 1 amide bonds. The number of hydrogen-bond acceptors (Lipinski definition) is 4. The molecule has 1 atom stereocenters. The fourth-order valence-corrected chi connectivity index (χ4v) is 5.18. The minimum atomic E-state index is -2.85. The number of nitrogens with zero attached hydrogens (tertiary/aromatic N) is 2. The summed E-state index contributed by atoms with van der Waals surface area (Å²) in [5.74, 6) is 0.659. The molecule has 0 spiro atoms. The first-order chi connectivity index (χ1) is 11.0. The third kappa shape index (κ3) is 3.75. The van der Waals surface area contributed by atoms with E-state index in [-0.39, 0.29) is 17.7 Å². The molecule has 0 N–H and O–H groups in total. The van der Waals surface area contributed by atoms with Gasteiger partial charge in [-0.05, 0) is 30.5 Å². The van der Waals surface area contributed by atoms with Gasteiger partial charge in [0.05, 0.1) is 11.5 Å². The highest BCUT2D eigenvalue weighted by molar-refractivity contribution is 7.91. The van der Waals surface area contributed by atoms with Crippen LogP contribution in [0.25, 0.3) is 0 Å². The third-order valence-corrected chi connectivity index (χ3v) is 6.69. The molecule has 0 bridgehead atoms. The quantitative estimate of drug-likeness (QED) is 0.832. The number of rotatable bonds is 3. The second kappa shape index (κ2) is 6.61. The van der Waals surface area contributed by atoms with Crippen molar-refractivity contribution in [2.24, 2.45) is 0 Å². The van der Waals surface area contributed by atoms with Crippen molar-refractivity contribution in [3.05, 3.63) is 35.4 Å². The molecule has 0 aliphatic carbocycles. The number of amides is 1. The van der Waals surface area contributed by atoms with Crippen LogP contribution in [0.3, 0.4) is 0 Å². The van der Waals surface area contributed by atoms with Crippen LogP contribution < -0.4 is 0 Å². The molecule has 2 heterocycles. The van der Waals surface area contributed by atoms with Crippen molar-refractivity contribution >= 4 is 15.7 Å². The second-order valence-electron chi connectivity index (χ2n) is 6.44. The number of benzene rings is 1. The fourth-order valence-electron chi connectivity index (χ4n) is 3.42. The van der Waals surface area contributed by atoms with Gasteiger partial charge in [0, 0.05) is 37.8 Å². The first kappa shape index (κ1) is 16.5. The predicted molar refractivity (Wildman–Crippen MR) is 90.4 cm³/mol. The van der Waals surface area contributed by atoms with Gasteiger partial charge in [-0.2, -0.15) is 0 Å². The maximum atomic E-state index is 12.5. The number of hydrogen-bond donors (Lipinski definition) is 0. The van der Waals surface area contributed by atoms with Crippen LogP contribution in [0.1, 0.15) is 29.3 Å². The SMILES string of the molecule is CCc1ccc(C(=O)N2CCN(C3CCS(=O)(=O)C3)CC2)cc1. The summed E-state index contributed by atoms with van der Waals surface area (Å²) in [4.78, 5) is 16.6. The minimum Gasteiger partial charge on any atom is -0.336 e. The number of piperazine rings is 1. The lowest BCUT2D eigenvalue weighted by atomic mass is 10.1. The summed E-state index contributed by atoms with van der Waals surface area (Å²) in [6.45, 7) is 4.97. The van der Waals surface area contributed by atoms with Gasteiger partial charge < -0.3 is 4.90 Å². The van der Waals surface area contributed by atoms with Gasteiger partial charge in [0.2, 0.25) is 0 Å². The van der Waals surface area contributed by atoms with E-state index in [4.69, 9.17) is 0 Å². The lowest BCUT2D eigenvalue weighted by molar-refractivity contribution is 0.0588. The lowest BCUT2D eigenvalue weighted by Crippen LogP contribution is -2.52. The zero-order valence-corrected chi connectivity index (χ0v) is 14.4. The molecule has 2 fully saturated rings.